The summed E-state index contributed by atoms with van der Waals surface area (Å²) in [4.78, 5) is 35.1. The Morgan fingerprint density at radius 3 is 2.72 bits per heavy atom. The molecule has 0 aliphatic carbocycles. The van der Waals surface area contributed by atoms with Crippen molar-refractivity contribution in [3.8, 4) is 0 Å². The summed E-state index contributed by atoms with van der Waals surface area (Å²) in [5.41, 5.74) is 0.681. The standard InChI is InChI=1S/C17H20N2O6/c1-11(2)16(20)25-14-7-8-18(17(21)22)13(10-14)9-12-5-3-4-6-15(12)19(23)24/h3-6,13-14H,1,7-10H2,2H3,(H,21,22). The van der Waals surface area contributed by atoms with Gasteiger partial charge in [0, 0.05) is 42.6 Å². The number of ether oxygens (including phenoxy) is 1. The van der Waals surface area contributed by atoms with E-state index in [4.69, 9.17) is 4.74 Å². The van der Waals surface area contributed by atoms with Crippen LogP contribution in [0.15, 0.2) is 36.4 Å². The molecule has 1 N–H and O–H groups in total. The van der Waals surface area contributed by atoms with Crippen molar-refractivity contribution in [3.05, 3.63) is 52.1 Å². The lowest BCUT2D eigenvalue weighted by atomic mass is 9.93. The highest BCUT2D eigenvalue weighted by atomic mass is 16.6. The van der Waals surface area contributed by atoms with E-state index >= 15 is 0 Å². The van der Waals surface area contributed by atoms with Gasteiger partial charge in [-0.1, -0.05) is 24.8 Å². The maximum absolute atomic E-state index is 11.7. The third-order valence-electron chi connectivity index (χ3n) is 4.18. The highest BCUT2D eigenvalue weighted by molar-refractivity contribution is 5.87. The number of carboxylic acid groups (broad SMARTS) is 1. The fourth-order valence-electron chi connectivity index (χ4n) is 2.93. The van der Waals surface area contributed by atoms with Gasteiger partial charge in [0.1, 0.15) is 6.10 Å². The van der Waals surface area contributed by atoms with E-state index in [1.54, 1.807) is 25.1 Å². The second-order valence-electron chi connectivity index (χ2n) is 6.05. The molecule has 1 saturated heterocycles. The minimum Gasteiger partial charge on any atom is -0.465 e. The lowest BCUT2D eigenvalue weighted by molar-refractivity contribution is -0.385. The summed E-state index contributed by atoms with van der Waals surface area (Å²) in [6, 6.07) is 5.74. The number of likely N-dealkylation sites (tertiary alicyclic amines) is 1. The molecule has 0 bridgehead atoms. The SMILES string of the molecule is C=C(C)C(=O)OC1CCN(C(=O)O)C(Cc2ccccc2[N+](=O)[O-])C1. The van der Waals surface area contributed by atoms with Gasteiger partial charge in [-0.15, -0.1) is 0 Å². The predicted octanol–water partition coefficient (Wildman–Crippen LogP) is 2.77. The number of piperidine rings is 1. The number of nitro benzene ring substituents is 1. The molecule has 1 aromatic rings. The lowest BCUT2D eigenvalue weighted by Crippen LogP contribution is -2.49. The number of nitrogens with zero attached hydrogens (tertiary/aromatic N) is 2. The molecule has 1 aliphatic rings. The average molecular weight is 348 g/mol. The zero-order valence-electron chi connectivity index (χ0n) is 13.9. The first-order valence-corrected chi connectivity index (χ1v) is 7.88. The van der Waals surface area contributed by atoms with Gasteiger partial charge >= 0.3 is 12.1 Å². The van der Waals surface area contributed by atoms with Crippen LogP contribution in [0.1, 0.15) is 25.3 Å². The zero-order chi connectivity index (χ0) is 18.6. The molecule has 2 unspecified atom stereocenters. The van der Waals surface area contributed by atoms with Crippen molar-refractivity contribution in [2.75, 3.05) is 6.54 Å². The Bertz CT molecular complexity index is 702. The van der Waals surface area contributed by atoms with Crippen LogP contribution in [-0.2, 0) is 16.0 Å². The first kappa shape index (κ1) is 18.4. The third-order valence-corrected chi connectivity index (χ3v) is 4.18. The van der Waals surface area contributed by atoms with Crippen LogP contribution in [0.3, 0.4) is 0 Å². The monoisotopic (exact) mass is 348 g/mol. The zero-order valence-corrected chi connectivity index (χ0v) is 13.9. The van der Waals surface area contributed by atoms with Crippen LogP contribution < -0.4 is 0 Å². The summed E-state index contributed by atoms with van der Waals surface area (Å²) in [7, 11) is 0. The van der Waals surface area contributed by atoms with Crippen LogP contribution in [0.5, 0.6) is 0 Å². The van der Waals surface area contributed by atoms with E-state index in [9.17, 15) is 24.8 Å². The van der Waals surface area contributed by atoms with E-state index in [0.29, 0.717) is 12.0 Å². The Morgan fingerprint density at radius 2 is 2.12 bits per heavy atom. The van der Waals surface area contributed by atoms with Gasteiger partial charge in [0.25, 0.3) is 5.69 Å². The summed E-state index contributed by atoms with van der Waals surface area (Å²) in [6.45, 7) is 5.27. The maximum Gasteiger partial charge on any atom is 0.407 e. The highest BCUT2D eigenvalue weighted by Crippen LogP contribution is 2.27. The number of carbonyl (C=O) groups is 2. The van der Waals surface area contributed by atoms with Crippen molar-refractivity contribution in [1.82, 2.24) is 4.90 Å². The van der Waals surface area contributed by atoms with Crippen LogP contribution in [-0.4, -0.2) is 45.7 Å². The summed E-state index contributed by atoms with van der Waals surface area (Å²) in [5.74, 6) is -0.516. The van der Waals surface area contributed by atoms with Gasteiger partial charge in [-0.05, 0) is 13.3 Å². The van der Waals surface area contributed by atoms with Crippen molar-refractivity contribution in [1.29, 1.82) is 0 Å². The minimum absolute atomic E-state index is 0.0473. The van der Waals surface area contributed by atoms with Crippen LogP contribution in [0.25, 0.3) is 0 Å². The van der Waals surface area contributed by atoms with Crippen molar-refractivity contribution < 1.29 is 24.4 Å². The van der Waals surface area contributed by atoms with E-state index in [1.165, 1.54) is 11.0 Å². The molecule has 2 rings (SSSR count). The Hall–Kier alpha value is -2.90. The van der Waals surface area contributed by atoms with Gasteiger partial charge in [-0.3, -0.25) is 10.1 Å². The summed E-state index contributed by atoms with van der Waals surface area (Å²) >= 11 is 0. The highest BCUT2D eigenvalue weighted by Gasteiger charge is 2.34. The molecule has 0 aromatic heterocycles. The number of carbonyl (C=O) groups excluding carboxylic acids is 1. The first-order valence-electron chi connectivity index (χ1n) is 7.88. The summed E-state index contributed by atoms with van der Waals surface area (Å²) < 4.78 is 5.33. The van der Waals surface area contributed by atoms with E-state index < -0.39 is 29.1 Å². The first-order chi connectivity index (χ1) is 11.8. The number of nitro groups is 1. The molecule has 134 valence electrons. The van der Waals surface area contributed by atoms with E-state index in [0.717, 1.165) is 0 Å². The van der Waals surface area contributed by atoms with Crippen LogP contribution in [0.4, 0.5) is 10.5 Å². The van der Waals surface area contributed by atoms with E-state index in [2.05, 4.69) is 6.58 Å². The van der Waals surface area contributed by atoms with Crippen molar-refractivity contribution >= 4 is 17.7 Å². The molecule has 25 heavy (non-hydrogen) atoms. The fourth-order valence-corrected chi connectivity index (χ4v) is 2.93. The molecule has 1 aliphatic heterocycles. The van der Waals surface area contributed by atoms with Gasteiger partial charge in [-0.2, -0.15) is 0 Å². The third kappa shape index (κ3) is 4.56. The maximum atomic E-state index is 11.7. The molecule has 1 amide bonds. The Morgan fingerprint density at radius 1 is 1.44 bits per heavy atom. The number of benzene rings is 1. The van der Waals surface area contributed by atoms with Crippen molar-refractivity contribution in [3.63, 3.8) is 0 Å². The second kappa shape index (κ2) is 7.78. The molecular weight excluding hydrogens is 328 g/mol. The Balaban J connectivity index is 2.18. The van der Waals surface area contributed by atoms with Crippen molar-refractivity contribution in [2.45, 2.75) is 38.3 Å². The van der Waals surface area contributed by atoms with Gasteiger partial charge in [0.2, 0.25) is 0 Å². The molecule has 1 fully saturated rings. The van der Waals surface area contributed by atoms with E-state index in [1.807, 2.05) is 0 Å². The quantitative estimate of drug-likeness (QED) is 0.379. The van der Waals surface area contributed by atoms with E-state index in [-0.39, 0.29) is 30.6 Å². The van der Waals surface area contributed by atoms with Gasteiger partial charge in [0.05, 0.1) is 4.92 Å². The molecule has 1 heterocycles. The molecular formula is C17H20N2O6. The van der Waals surface area contributed by atoms with Crippen LogP contribution >= 0.6 is 0 Å². The molecule has 8 heteroatoms. The molecule has 1 aromatic carbocycles. The van der Waals surface area contributed by atoms with Crippen LogP contribution in [0.2, 0.25) is 0 Å². The minimum atomic E-state index is -1.09. The number of hydrogen-bond donors (Lipinski definition) is 1. The summed E-state index contributed by atoms with van der Waals surface area (Å²) in [6.07, 6.45) is -0.665. The number of esters is 1. The van der Waals surface area contributed by atoms with Crippen molar-refractivity contribution in [2.24, 2.45) is 0 Å². The fraction of sp³-hybridized carbons (Fsp3) is 0.412. The second-order valence-corrected chi connectivity index (χ2v) is 6.05. The lowest BCUT2D eigenvalue weighted by Gasteiger charge is -2.37. The molecule has 8 nitrogen and oxygen atoms in total. The van der Waals surface area contributed by atoms with Crippen LogP contribution in [0, 0.1) is 10.1 Å². The van der Waals surface area contributed by atoms with Gasteiger partial charge < -0.3 is 14.7 Å². The number of amides is 1. The number of hydrogen-bond acceptors (Lipinski definition) is 5. The Labute approximate surface area is 144 Å². The molecule has 0 saturated carbocycles. The summed E-state index contributed by atoms with van der Waals surface area (Å²) in [5, 5.41) is 20.6. The predicted molar refractivity (Wildman–Crippen MR) is 89.2 cm³/mol. The topological polar surface area (TPSA) is 110 Å². The van der Waals surface area contributed by atoms with Gasteiger partial charge in [0.15, 0.2) is 0 Å². The molecule has 2 atom stereocenters. The van der Waals surface area contributed by atoms with Gasteiger partial charge in [-0.25, -0.2) is 9.59 Å². The average Bonchev–Trinajstić information content (AvgIpc) is 2.55. The normalized spacial score (nSPS) is 20.0. The number of rotatable bonds is 5. The molecule has 0 radical (unpaired) electrons. The number of para-hydroxylation sites is 1. The smallest absolute Gasteiger partial charge is 0.407 e. The largest absolute Gasteiger partial charge is 0.465 e. The molecule has 0 spiro atoms. The Kier molecular flexibility index (Phi) is 5.74.